The minimum Gasteiger partial charge on any atom is -0.489 e. The summed E-state index contributed by atoms with van der Waals surface area (Å²) in [6.45, 7) is 5.88. The lowest BCUT2D eigenvalue weighted by atomic mass is 9.89. The summed E-state index contributed by atoms with van der Waals surface area (Å²) in [7, 11) is 0. The van der Waals surface area contributed by atoms with E-state index >= 15 is 0 Å². The van der Waals surface area contributed by atoms with Gasteiger partial charge in [-0.2, -0.15) is 0 Å². The summed E-state index contributed by atoms with van der Waals surface area (Å²) in [6, 6.07) is 13.5. The third kappa shape index (κ3) is 3.90. The van der Waals surface area contributed by atoms with E-state index < -0.39 is 0 Å². The van der Waals surface area contributed by atoms with Crippen molar-refractivity contribution in [3.63, 3.8) is 0 Å². The van der Waals surface area contributed by atoms with Gasteiger partial charge in [0.1, 0.15) is 18.2 Å². The normalized spacial score (nSPS) is 22.8. The van der Waals surface area contributed by atoms with E-state index in [2.05, 4.69) is 16.8 Å². The monoisotopic (exact) mass is 418 g/mol. The number of ether oxygens (including phenoxy) is 1. The zero-order valence-corrected chi connectivity index (χ0v) is 17.6. The molecule has 160 valence electrons. The van der Waals surface area contributed by atoms with Crippen LogP contribution in [0.25, 0.3) is 5.57 Å². The van der Waals surface area contributed by atoms with Crippen molar-refractivity contribution in [1.29, 1.82) is 0 Å². The van der Waals surface area contributed by atoms with E-state index in [0.717, 1.165) is 30.5 Å². The Kier molecular flexibility index (Phi) is 5.36. The van der Waals surface area contributed by atoms with Crippen LogP contribution in [0.4, 0.5) is 4.39 Å². The number of fused-ring (bicyclic) bond motifs is 3. The molecule has 1 fully saturated rings. The average molecular weight is 419 g/mol. The van der Waals surface area contributed by atoms with Gasteiger partial charge in [-0.05, 0) is 72.2 Å². The number of hydrogen-bond acceptors (Lipinski definition) is 3. The van der Waals surface area contributed by atoms with Gasteiger partial charge < -0.3 is 10.1 Å². The third-order valence-corrected chi connectivity index (χ3v) is 6.83. The minimum absolute atomic E-state index is 0.0430. The Morgan fingerprint density at radius 2 is 1.90 bits per heavy atom. The molecule has 0 unspecified atom stereocenters. The SMILES string of the molecule is C=CCN1[C@@H]2CC[C@H]1CC(c1ccc(F)cc1)=C(COc1ccc3c(c1)C(=O)NC3)C2. The standard InChI is InChI=1S/C26H27FN2O2/c1-2-11-29-21-8-9-22(29)13-24(17-3-6-20(27)7-4-17)19(12-21)16-31-23-10-5-18-15-28-26(30)25(18)14-23/h2-7,10,14,21-22H,1,8-9,11-13,15-16H2,(H,28,30)/t21-,22+/m1/s1. The van der Waals surface area contributed by atoms with Crippen LogP contribution in [-0.2, 0) is 6.54 Å². The second-order valence-electron chi connectivity index (χ2n) is 8.66. The van der Waals surface area contributed by atoms with Gasteiger partial charge in [0.05, 0.1) is 0 Å². The molecule has 3 aliphatic heterocycles. The molecule has 2 atom stereocenters. The molecule has 3 heterocycles. The molecule has 1 saturated heterocycles. The number of carbonyl (C=O) groups is 1. The highest BCUT2D eigenvalue weighted by atomic mass is 19.1. The molecule has 5 heteroatoms. The fraction of sp³-hybridized carbons (Fsp3) is 0.346. The highest BCUT2D eigenvalue weighted by Gasteiger charge is 2.37. The largest absolute Gasteiger partial charge is 0.489 e. The van der Waals surface area contributed by atoms with E-state index in [0.29, 0.717) is 36.5 Å². The molecule has 4 nitrogen and oxygen atoms in total. The van der Waals surface area contributed by atoms with Crippen molar-refractivity contribution in [2.45, 2.75) is 44.3 Å². The Labute approximate surface area is 182 Å². The molecule has 0 radical (unpaired) electrons. The quantitative estimate of drug-likeness (QED) is 0.691. The van der Waals surface area contributed by atoms with Crippen LogP contribution < -0.4 is 10.1 Å². The molecule has 31 heavy (non-hydrogen) atoms. The van der Waals surface area contributed by atoms with E-state index in [1.165, 1.54) is 36.1 Å². The lowest BCUT2D eigenvalue weighted by molar-refractivity contribution is 0.0965. The number of rotatable bonds is 6. The maximum atomic E-state index is 13.6. The van der Waals surface area contributed by atoms with Crippen molar-refractivity contribution >= 4 is 11.5 Å². The van der Waals surface area contributed by atoms with Crippen molar-refractivity contribution in [2.75, 3.05) is 13.2 Å². The van der Waals surface area contributed by atoms with Gasteiger partial charge in [-0.3, -0.25) is 9.69 Å². The summed E-state index contributed by atoms with van der Waals surface area (Å²) < 4.78 is 19.8. The molecule has 5 rings (SSSR count). The van der Waals surface area contributed by atoms with Gasteiger partial charge in [0, 0.05) is 30.7 Å². The fourth-order valence-electron chi connectivity index (χ4n) is 5.26. The molecule has 2 aromatic rings. The van der Waals surface area contributed by atoms with E-state index in [9.17, 15) is 9.18 Å². The predicted molar refractivity (Wildman–Crippen MR) is 119 cm³/mol. The number of halogens is 1. The minimum atomic E-state index is -0.220. The summed E-state index contributed by atoms with van der Waals surface area (Å²) in [5, 5.41) is 2.85. The molecule has 1 N–H and O–H groups in total. The molecular weight excluding hydrogens is 391 g/mol. The topological polar surface area (TPSA) is 41.6 Å². The van der Waals surface area contributed by atoms with Crippen LogP contribution in [0.15, 0.2) is 60.7 Å². The van der Waals surface area contributed by atoms with Crippen LogP contribution in [0.1, 0.15) is 47.2 Å². The first-order valence-corrected chi connectivity index (χ1v) is 11.0. The molecular formula is C26H27FN2O2. The average Bonchev–Trinajstić information content (AvgIpc) is 3.28. The van der Waals surface area contributed by atoms with Crippen LogP contribution in [0.5, 0.6) is 5.75 Å². The van der Waals surface area contributed by atoms with E-state index in [-0.39, 0.29) is 11.7 Å². The maximum absolute atomic E-state index is 13.6. The number of nitrogens with one attached hydrogen (secondary N) is 1. The first-order valence-electron chi connectivity index (χ1n) is 11.0. The number of benzene rings is 2. The van der Waals surface area contributed by atoms with Crippen LogP contribution in [0.3, 0.4) is 0 Å². The van der Waals surface area contributed by atoms with Crippen molar-refractivity contribution in [3.05, 3.63) is 83.2 Å². The molecule has 2 bridgehead atoms. The molecule has 0 aromatic heterocycles. The summed E-state index contributed by atoms with van der Waals surface area (Å²) >= 11 is 0. The van der Waals surface area contributed by atoms with Gasteiger partial charge in [-0.1, -0.05) is 24.3 Å². The smallest absolute Gasteiger partial charge is 0.252 e. The van der Waals surface area contributed by atoms with Gasteiger partial charge in [0.15, 0.2) is 0 Å². The van der Waals surface area contributed by atoms with Crippen molar-refractivity contribution in [2.24, 2.45) is 0 Å². The Bertz CT molecular complexity index is 1040. The van der Waals surface area contributed by atoms with Crippen molar-refractivity contribution in [1.82, 2.24) is 10.2 Å². The number of carbonyl (C=O) groups excluding carboxylic acids is 1. The molecule has 2 aromatic carbocycles. The number of hydrogen-bond donors (Lipinski definition) is 1. The summed E-state index contributed by atoms with van der Waals surface area (Å²) in [5.41, 5.74) is 5.30. The van der Waals surface area contributed by atoms with Crippen LogP contribution in [0.2, 0.25) is 0 Å². The van der Waals surface area contributed by atoms with Gasteiger partial charge in [-0.25, -0.2) is 4.39 Å². The van der Waals surface area contributed by atoms with Gasteiger partial charge in [-0.15, -0.1) is 6.58 Å². The molecule has 0 aliphatic carbocycles. The molecule has 0 saturated carbocycles. The van der Waals surface area contributed by atoms with Crippen LogP contribution in [-0.4, -0.2) is 36.0 Å². The second kappa shape index (κ2) is 8.31. The predicted octanol–water partition coefficient (Wildman–Crippen LogP) is 4.71. The van der Waals surface area contributed by atoms with Crippen LogP contribution >= 0.6 is 0 Å². The lowest BCUT2D eigenvalue weighted by Crippen LogP contribution is -2.35. The zero-order chi connectivity index (χ0) is 21.4. The lowest BCUT2D eigenvalue weighted by Gasteiger charge is -2.26. The van der Waals surface area contributed by atoms with E-state index in [1.54, 1.807) is 0 Å². The van der Waals surface area contributed by atoms with Gasteiger partial charge >= 0.3 is 0 Å². The van der Waals surface area contributed by atoms with Crippen molar-refractivity contribution in [3.8, 4) is 5.75 Å². The highest BCUT2D eigenvalue weighted by Crippen LogP contribution is 2.40. The summed E-state index contributed by atoms with van der Waals surface area (Å²) in [6.07, 6.45) is 6.21. The Hall–Kier alpha value is -2.92. The van der Waals surface area contributed by atoms with Gasteiger partial charge in [0.25, 0.3) is 5.91 Å². The Morgan fingerprint density at radius 1 is 1.13 bits per heavy atom. The maximum Gasteiger partial charge on any atom is 0.252 e. The summed E-state index contributed by atoms with van der Waals surface area (Å²) in [5.74, 6) is 0.444. The molecule has 0 spiro atoms. The van der Waals surface area contributed by atoms with E-state index in [1.807, 2.05) is 36.4 Å². The summed E-state index contributed by atoms with van der Waals surface area (Å²) in [4.78, 5) is 14.6. The highest BCUT2D eigenvalue weighted by molar-refractivity contribution is 5.98. The second-order valence-corrected chi connectivity index (χ2v) is 8.66. The molecule has 3 aliphatic rings. The van der Waals surface area contributed by atoms with E-state index in [4.69, 9.17) is 4.74 Å². The first-order chi connectivity index (χ1) is 15.1. The first kappa shape index (κ1) is 20.0. The van der Waals surface area contributed by atoms with Gasteiger partial charge in [0.2, 0.25) is 0 Å². The number of nitrogens with zero attached hydrogens (tertiary/aromatic N) is 1. The third-order valence-electron chi connectivity index (χ3n) is 6.83. The molecule has 1 amide bonds. The van der Waals surface area contributed by atoms with Crippen molar-refractivity contribution < 1.29 is 13.9 Å². The fourth-order valence-corrected chi connectivity index (χ4v) is 5.26. The Balaban J connectivity index is 1.44. The Morgan fingerprint density at radius 3 is 2.68 bits per heavy atom. The number of amides is 1. The zero-order valence-electron chi connectivity index (χ0n) is 17.6. The van der Waals surface area contributed by atoms with Crippen LogP contribution in [0, 0.1) is 5.82 Å².